The van der Waals surface area contributed by atoms with Gasteiger partial charge in [-0.25, -0.2) is 12.8 Å². The van der Waals surface area contributed by atoms with Crippen molar-refractivity contribution in [2.45, 2.75) is 11.3 Å². The number of rotatable bonds is 6. The van der Waals surface area contributed by atoms with Gasteiger partial charge in [0.15, 0.2) is 15.8 Å². The molecule has 30 heavy (non-hydrogen) atoms. The van der Waals surface area contributed by atoms with E-state index >= 15 is 0 Å². The van der Waals surface area contributed by atoms with Gasteiger partial charge in [-0.15, -0.1) is 24.0 Å². The second-order valence-corrected chi connectivity index (χ2v) is 9.02. The quantitative estimate of drug-likeness (QED) is 0.261. The van der Waals surface area contributed by atoms with Crippen molar-refractivity contribution in [2.75, 3.05) is 50.4 Å². The van der Waals surface area contributed by atoms with Crippen molar-refractivity contribution in [3.8, 4) is 0 Å². The zero-order chi connectivity index (χ0) is 20.7. The summed E-state index contributed by atoms with van der Waals surface area (Å²) in [6, 6.07) is 15.1. The Morgan fingerprint density at radius 1 is 1.03 bits per heavy atom. The molecule has 0 aliphatic carbocycles. The molecule has 0 amide bonds. The molecule has 164 valence electrons. The highest BCUT2D eigenvalue weighted by atomic mass is 127. The van der Waals surface area contributed by atoms with E-state index < -0.39 is 9.84 Å². The van der Waals surface area contributed by atoms with E-state index in [4.69, 9.17) is 0 Å². The molecule has 0 spiro atoms. The van der Waals surface area contributed by atoms with Crippen LogP contribution in [0.5, 0.6) is 0 Å². The second-order valence-electron chi connectivity index (χ2n) is 6.91. The van der Waals surface area contributed by atoms with Gasteiger partial charge in [0.25, 0.3) is 0 Å². The van der Waals surface area contributed by atoms with Gasteiger partial charge in [0.05, 0.1) is 10.6 Å². The summed E-state index contributed by atoms with van der Waals surface area (Å²) in [7, 11) is -1.53. The molecule has 1 fully saturated rings. The van der Waals surface area contributed by atoms with Crippen LogP contribution in [-0.4, -0.2) is 64.8 Å². The van der Waals surface area contributed by atoms with E-state index in [0.717, 1.165) is 37.8 Å². The first-order valence-corrected chi connectivity index (χ1v) is 11.4. The van der Waals surface area contributed by atoms with Crippen molar-refractivity contribution in [1.82, 2.24) is 10.2 Å². The SMILES string of the molecule is CN=C(NCCCS(=O)(=O)c1ccccc1)N1CCN(c2ccc(F)cc2)CC1.I. The number of aliphatic imine (C=N–C) groups is 1. The summed E-state index contributed by atoms with van der Waals surface area (Å²) in [5.74, 6) is 0.645. The Morgan fingerprint density at radius 3 is 2.27 bits per heavy atom. The molecule has 1 N–H and O–H groups in total. The van der Waals surface area contributed by atoms with Crippen molar-refractivity contribution in [1.29, 1.82) is 0 Å². The average molecular weight is 546 g/mol. The number of piperazine rings is 1. The highest BCUT2D eigenvalue weighted by Crippen LogP contribution is 2.17. The highest BCUT2D eigenvalue weighted by molar-refractivity contribution is 14.0. The van der Waals surface area contributed by atoms with Gasteiger partial charge >= 0.3 is 0 Å². The third-order valence-corrected chi connectivity index (χ3v) is 6.77. The van der Waals surface area contributed by atoms with Gasteiger partial charge < -0.3 is 15.1 Å². The molecule has 2 aromatic carbocycles. The number of sulfone groups is 1. The number of anilines is 1. The second kappa shape index (κ2) is 11.5. The molecule has 0 bridgehead atoms. The minimum Gasteiger partial charge on any atom is -0.368 e. The van der Waals surface area contributed by atoms with Gasteiger partial charge in [0.1, 0.15) is 5.82 Å². The lowest BCUT2D eigenvalue weighted by Crippen LogP contribution is -2.52. The van der Waals surface area contributed by atoms with Gasteiger partial charge in [0, 0.05) is 45.5 Å². The fourth-order valence-corrected chi connectivity index (χ4v) is 4.70. The van der Waals surface area contributed by atoms with Crippen molar-refractivity contribution in [3.05, 3.63) is 60.4 Å². The number of nitrogens with zero attached hydrogens (tertiary/aromatic N) is 3. The van der Waals surface area contributed by atoms with Gasteiger partial charge in [-0.2, -0.15) is 0 Å². The Kier molecular flexibility index (Phi) is 9.35. The van der Waals surface area contributed by atoms with E-state index in [1.54, 1.807) is 49.5 Å². The summed E-state index contributed by atoms with van der Waals surface area (Å²) in [4.78, 5) is 9.07. The zero-order valence-electron chi connectivity index (χ0n) is 17.0. The molecule has 0 saturated carbocycles. The fraction of sp³-hybridized carbons (Fsp3) is 0.381. The Labute approximate surface area is 195 Å². The third kappa shape index (κ3) is 6.56. The molecule has 6 nitrogen and oxygen atoms in total. The van der Waals surface area contributed by atoms with Crippen LogP contribution < -0.4 is 10.2 Å². The molecule has 2 aromatic rings. The van der Waals surface area contributed by atoms with Crippen LogP contribution >= 0.6 is 24.0 Å². The third-order valence-electron chi connectivity index (χ3n) is 4.96. The Bertz CT molecular complexity index is 916. The van der Waals surface area contributed by atoms with Gasteiger partial charge in [-0.05, 0) is 42.8 Å². The molecular weight excluding hydrogens is 518 g/mol. The number of nitrogens with one attached hydrogen (secondary N) is 1. The molecule has 1 saturated heterocycles. The van der Waals surface area contributed by atoms with E-state index in [2.05, 4.69) is 20.1 Å². The van der Waals surface area contributed by atoms with Crippen LogP contribution in [0.15, 0.2) is 64.5 Å². The number of hydrogen-bond donors (Lipinski definition) is 1. The van der Waals surface area contributed by atoms with E-state index in [0.29, 0.717) is 17.9 Å². The van der Waals surface area contributed by atoms with Crippen molar-refractivity contribution in [2.24, 2.45) is 4.99 Å². The standard InChI is InChI=1S/C21H27FN4O2S.HI/c1-23-21(24-12-5-17-29(27,28)20-6-3-2-4-7-20)26-15-13-25(14-16-26)19-10-8-18(22)9-11-19;/h2-4,6-11H,5,12-17H2,1H3,(H,23,24);1H. The Balaban J connectivity index is 0.00000320. The normalized spacial score (nSPS) is 14.9. The molecule has 0 atom stereocenters. The first-order valence-electron chi connectivity index (χ1n) is 9.73. The minimum atomic E-state index is -3.26. The zero-order valence-corrected chi connectivity index (χ0v) is 20.1. The predicted octanol–water partition coefficient (Wildman–Crippen LogP) is 3.01. The number of halogens is 2. The molecule has 3 rings (SSSR count). The Hall–Kier alpha value is -1.88. The van der Waals surface area contributed by atoms with Crippen LogP contribution in [0.4, 0.5) is 10.1 Å². The van der Waals surface area contributed by atoms with Crippen LogP contribution in [-0.2, 0) is 9.84 Å². The van der Waals surface area contributed by atoms with E-state index in [-0.39, 0.29) is 35.5 Å². The van der Waals surface area contributed by atoms with E-state index in [9.17, 15) is 12.8 Å². The summed E-state index contributed by atoms with van der Waals surface area (Å²) < 4.78 is 37.8. The van der Waals surface area contributed by atoms with Crippen molar-refractivity contribution in [3.63, 3.8) is 0 Å². The van der Waals surface area contributed by atoms with Gasteiger partial charge in [0.2, 0.25) is 0 Å². The maximum atomic E-state index is 13.1. The maximum absolute atomic E-state index is 13.1. The predicted molar refractivity (Wildman–Crippen MR) is 130 cm³/mol. The van der Waals surface area contributed by atoms with E-state index in [1.165, 1.54) is 12.1 Å². The van der Waals surface area contributed by atoms with Crippen molar-refractivity contribution >= 4 is 45.5 Å². The smallest absolute Gasteiger partial charge is 0.193 e. The molecule has 1 aliphatic heterocycles. The maximum Gasteiger partial charge on any atom is 0.193 e. The summed E-state index contributed by atoms with van der Waals surface area (Å²) in [5, 5.41) is 3.27. The minimum absolute atomic E-state index is 0. The van der Waals surface area contributed by atoms with Crippen LogP contribution in [0.1, 0.15) is 6.42 Å². The summed E-state index contributed by atoms with van der Waals surface area (Å²) >= 11 is 0. The molecule has 1 aliphatic rings. The summed E-state index contributed by atoms with van der Waals surface area (Å²) in [6.07, 6.45) is 0.506. The Morgan fingerprint density at radius 2 is 1.67 bits per heavy atom. The van der Waals surface area contributed by atoms with Crippen LogP contribution in [0.25, 0.3) is 0 Å². The number of hydrogen-bond acceptors (Lipinski definition) is 4. The summed E-state index contributed by atoms with van der Waals surface area (Å²) in [5.41, 5.74) is 1.01. The lowest BCUT2D eigenvalue weighted by molar-refractivity contribution is 0.372. The monoisotopic (exact) mass is 546 g/mol. The van der Waals surface area contributed by atoms with Crippen LogP contribution in [0.3, 0.4) is 0 Å². The van der Waals surface area contributed by atoms with Gasteiger partial charge in [-0.1, -0.05) is 18.2 Å². The topological polar surface area (TPSA) is 65.0 Å². The van der Waals surface area contributed by atoms with E-state index in [1.807, 2.05) is 0 Å². The fourth-order valence-electron chi connectivity index (χ4n) is 3.37. The largest absolute Gasteiger partial charge is 0.368 e. The number of guanidine groups is 1. The molecular formula is C21H28FIN4O2S. The molecule has 1 heterocycles. The first kappa shape index (κ1) is 24.4. The lowest BCUT2D eigenvalue weighted by atomic mass is 10.2. The lowest BCUT2D eigenvalue weighted by Gasteiger charge is -2.37. The van der Waals surface area contributed by atoms with Crippen LogP contribution in [0, 0.1) is 5.82 Å². The molecule has 9 heteroatoms. The van der Waals surface area contributed by atoms with Crippen molar-refractivity contribution < 1.29 is 12.8 Å². The first-order chi connectivity index (χ1) is 14.0. The van der Waals surface area contributed by atoms with Crippen LogP contribution in [0.2, 0.25) is 0 Å². The highest BCUT2D eigenvalue weighted by Gasteiger charge is 2.20. The summed E-state index contributed by atoms with van der Waals surface area (Å²) in [6.45, 7) is 3.75. The average Bonchev–Trinajstić information content (AvgIpc) is 2.75. The van der Waals surface area contributed by atoms with Gasteiger partial charge in [-0.3, -0.25) is 4.99 Å². The molecule has 0 aromatic heterocycles. The number of benzene rings is 2. The molecule has 0 unspecified atom stereocenters. The molecule has 0 radical (unpaired) electrons.